The van der Waals surface area contributed by atoms with Crippen molar-refractivity contribution in [1.29, 1.82) is 0 Å². The lowest BCUT2D eigenvalue weighted by atomic mass is 10.1. The molecule has 1 N–H and O–H groups in total. The number of benzene rings is 2. The van der Waals surface area contributed by atoms with Crippen molar-refractivity contribution in [3.63, 3.8) is 0 Å². The number of imidazole rings is 1. The average molecular weight is 319 g/mol. The van der Waals surface area contributed by atoms with E-state index < -0.39 is 0 Å². The number of nitrogens with zero attached hydrogens (tertiary/aromatic N) is 1. The third-order valence-electron chi connectivity index (χ3n) is 3.53. The van der Waals surface area contributed by atoms with Gasteiger partial charge in [-0.1, -0.05) is 29.8 Å². The summed E-state index contributed by atoms with van der Waals surface area (Å²) in [5.74, 6) is 0.866. The number of hydrogen-bond donors (Lipinski definition) is 1. The molecule has 0 aliphatic carbocycles. The van der Waals surface area contributed by atoms with E-state index in [4.69, 9.17) is 28.6 Å². The van der Waals surface area contributed by atoms with Crippen molar-refractivity contribution in [1.82, 2.24) is 9.55 Å². The molecule has 2 aromatic carbocycles. The average Bonchev–Trinajstić information content (AvgIpc) is 2.82. The maximum absolute atomic E-state index is 6.29. The number of fused-ring (bicyclic) bond motifs is 1. The number of rotatable bonds is 4. The monoisotopic (exact) mass is 318 g/mol. The lowest BCUT2D eigenvalue weighted by Crippen LogP contribution is -2.01. The first kappa shape index (κ1) is 14.2. The molecule has 0 aliphatic heterocycles. The fourth-order valence-electron chi connectivity index (χ4n) is 2.42. The van der Waals surface area contributed by atoms with Gasteiger partial charge in [0.15, 0.2) is 4.77 Å². The minimum Gasteiger partial charge on any atom is -0.497 e. The van der Waals surface area contributed by atoms with Gasteiger partial charge in [0, 0.05) is 6.54 Å². The first-order valence-electron chi connectivity index (χ1n) is 6.69. The number of ether oxygens (including phenoxy) is 1. The van der Waals surface area contributed by atoms with Crippen LogP contribution in [-0.2, 0) is 13.0 Å². The van der Waals surface area contributed by atoms with Crippen molar-refractivity contribution in [3.8, 4) is 5.75 Å². The summed E-state index contributed by atoms with van der Waals surface area (Å²) in [5, 5.41) is 0.717. The molecular weight excluding hydrogens is 304 g/mol. The molecule has 3 aromatic rings. The van der Waals surface area contributed by atoms with Gasteiger partial charge in [-0.25, -0.2) is 0 Å². The topological polar surface area (TPSA) is 29.9 Å². The first-order valence-corrected chi connectivity index (χ1v) is 7.47. The maximum atomic E-state index is 6.29. The Bertz CT molecular complexity index is 820. The number of aromatic nitrogens is 2. The second-order valence-electron chi connectivity index (χ2n) is 4.82. The molecule has 0 fully saturated rings. The van der Waals surface area contributed by atoms with Crippen molar-refractivity contribution in [2.24, 2.45) is 0 Å². The largest absolute Gasteiger partial charge is 0.497 e. The minimum atomic E-state index is 0.701. The van der Waals surface area contributed by atoms with Crippen LogP contribution in [0.5, 0.6) is 5.75 Å². The van der Waals surface area contributed by atoms with E-state index in [0.29, 0.717) is 4.77 Å². The summed E-state index contributed by atoms with van der Waals surface area (Å²) in [6.07, 6.45) is 0.885. The number of aromatic amines is 1. The van der Waals surface area contributed by atoms with Crippen LogP contribution < -0.4 is 4.74 Å². The van der Waals surface area contributed by atoms with Crippen molar-refractivity contribution in [3.05, 3.63) is 57.8 Å². The van der Waals surface area contributed by atoms with Gasteiger partial charge in [0.1, 0.15) is 5.75 Å². The summed E-state index contributed by atoms with van der Waals surface area (Å²) in [7, 11) is 1.67. The molecule has 0 amide bonds. The zero-order valence-corrected chi connectivity index (χ0v) is 13.2. The summed E-state index contributed by atoms with van der Waals surface area (Å²) in [5.41, 5.74) is 3.18. The van der Waals surface area contributed by atoms with Crippen molar-refractivity contribution in [2.45, 2.75) is 13.0 Å². The highest BCUT2D eigenvalue weighted by atomic mass is 35.5. The summed E-state index contributed by atoms with van der Waals surface area (Å²) in [6.45, 7) is 0.787. The Hall–Kier alpha value is -1.78. The van der Waals surface area contributed by atoms with Crippen LogP contribution in [-0.4, -0.2) is 16.7 Å². The predicted octanol–water partition coefficient (Wildman–Crippen LogP) is 4.60. The normalized spacial score (nSPS) is 11.0. The molecule has 0 radical (unpaired) electrons. The van der Waals surface area contributed by atoms with Gasteiger partial charge in [0.05, 0.1) is 23.2 Å². The van der Waals surface area contributed by atoms with Crippen molar-refractivity contribution < 1.29 is 4.74 Å². The van der Waals surface area contributed by atoms with Crippen LogP contribution in [0.3, 0.4) is 0 Å². The van der Waals surface area contributed by atoms with E-state index >= 15 is 0 Å². The van der Waals surface area contributed by atoms with Crippen LogP contribution in [0, 0.1) is 4.77 Å². The third kappa shape index (κ3) is 2.82. The highest BCUT2D eigenvalue weighted by Crippen LogP contribution is 2.23. The lowest BCUT2D eigenvalue weighted by Gasteiger charge is -2.07. The van der Waals surface area contributed by atoms with Crippen LogP contribution in [0.15, 0.2) is 42.5 Å². The van der Waals surface area contributed by atoms with Gasteiger partial charge in [0.2, 0.25) is 0 Å². The second kappa shape index (κ2) is 5.92. The molecule has 0 spiro atoms. The Labute approximate surface area is 133 Å². The summed E-state index contributed by atoms with van der Waals surface area (Å²) < 4.78 is 7.92. The quantitative estimate of drug-likeness (QED) is 0.712. The van der Waals surface area contributed by atoms with Gasteiger partial charge in [-0.05, 0) is 48.5 Å². The molecule has 1 aromatic heterocycles. The van der Waals surface area contributed by atoms with Crippen LogP contribution in [0.4, 0.5) is 0 Å². The smallest absolute Gasteiger partial charge is 0.178 e. The fraction of sp³-hybridized carbons (Fsp3) is 0.188. The van der Waals surface area contributed by atoms with Crippen molar-refractivity contribution in [2.75, 3.05) is 7.11 Å². The number of H-pyrrole nitrogens is 1. The Morgan fingerprint density at radius 1 is 1.19 bits per heavy atom. The van der Waals surface area contributed by atoms with E-state index in [-0.39, 0.29) is 0 Å². The minimum absolute atomic E-state index is 0.701. The molecule has 5 heteroatoms. The summed E-state index contributed by atoms with van der Waals surface area (Å²) >= 11 is 11.7. The fourth-order valence-corrected chi connectivity index (χ4v) is 2.99. The molecule has 0 unspecified atom stereocenters. The number of nitrogens with one attached hydrogen (secondary N) is 1. The van der Waals surface area contributed by atoms with Gasteiger partial charge in [0.25, 0.3) is 0 Å². The van der Waals surface area contributed by atoms with Crippen LogP contribution in [0.25, 0.3) is 11.0 Å². The van der Waals surface area contributed by atoms with E-state index in [2.05, 4.69) is 21.7 Å². The molecular formula is C16H15ClN2OS. The van der Waals surface area contributed by atoms with E-state index in [1.54, 1.807) is 7.11 Å². The van der Waals surface area contributed by atoms with Crippen molar-refractivity contribution >= 4 is 34.9 Å². The van der Waals surface area contributed by atoms with Gasteiger partial charge >= 0.3 is 0 Å². The van der Waals surface area contributed by atoms with Crippen LogP contribution >= 0.6 is 23.8 Å². The Balaban J connectivity index is 1.88. The third-order valence-corrected chi connectivity index (χ3v) is 4.15. The zero-order valence-electron chi connectivity index (χ0n) is 11.6. The molecule has 0 saturated carbocycles. The van der Waals surface area contributed by atoms with Gasteiger partial charge in [-0.2, -0.15) is 0 Å². The molecule has 3 rings (SSSR count). The van der Waals surface area contributed by atoms with Crippen LogP contribution in [0.1, 0.15) is 5.56 Å². The number of hydrogen-bond acceptors (Lipinski definition) is 2. The summed E-state index contributed by atoms with van der Waals surface area (Å²) in [6, 6.07) is 13.9. The maximum Gasteiger partial charge on any atom is 0.178 e. The number of methoxy groups -OCH3 is 1. The SMILES string of the molecule is COc1ccc(CCn2c(=S)[nH]c3cccc(Cl)c32)cc1. The van der Waals surface area contributed by atoms with E-state index in [1.165, 1.54) is 5.56 Å². The molecule has 108 valence electrons. The zero-order chi connectivity index (χ0) is 14.8. The van der Waals surface area contributed by atoms with E-state index in [9.17, 15) is 0 Å². The molecule has 21 heavy (non-hydrogen) atoms. The predicted molar refractivity (Wildman–Crippen MR) is 88.8 cm³/mol. The Morgan fingerprint density at radius 2 is 1.95 bits per heavy atom. The van der Waals surface area contributed by atoms with E-state index in [1.807, 2.05) is 30.3 Å². The Morgan fingerprint density at radius 3 is 2.67 bits per heavy atom. The highest BCUT2D eigenvalue weighted by molar-refractivity contribution is 7.71. The van der Waals surface area contributed by atoms with Gasteiger partial charge in [-0.15, -0.1) is 0 Å². The molecule has 1 heterocycles. The molecule has 0 aliphatic rings. The summed E-state index contributed by atoms with van der Waals surface area (Å²) in [4.78, 5) is 3.20. The number of halogens is 1. The number of para-hydroxylation sites is 1. The van der Waals surface area contributed by atoms with Gasteiger partial charge in [-0.3, -0.25) is 0 Å². The molecule has 3 nitrogen and oxygen atoms in total. The standard InChI is InChI=1S/C16H15ClN2OS/c1-20-12-7-5-11(6-8-12)9-10-19-15-13(17)3-2-4-14(15)18-16(19)21/h2-8H,9-10H2,1H3,(H,18,21). The highest BCUT2D eigenvalue weighted by Gasteiger charge is 2.08. The van der Waals surface area contributed by atoms with E-state index in [0.717, 1.165) is 34.8 Å². The first-order chi connectivity index (χ1) is 10.2. The molecule has 0 bridgehead atoms. The van der Waals surface area contributed by atoms with Crippen LogP contribution in [0.2, 0.25) is 5.02 Å². The van der Waals surface area contributed by atoms with Gasteiger partial charge < -0.3 is 14.3 Å². The Kier molecular flexibility index (Phi) is 3.99. The number of aryl methyl sites for hydroxylation is 2. The second-order valence-corrected chi connectivity index (χ2v) is 5.61. The molecule has 0 atom stereocenters. The lowest BCUT2D eigenvalue weighted by molar-refractivity contribution is 0.414. The molecule has 0 saturated heterocycles.